The third-order valence-corrected chi connectivity index (χ3v) is 6.37. The number of aromatic nitrogens is 1. The monoisotopic (exact) mass is 493 g/mol. The third kappa shape index (κ3) is 4.64. The Morgan fingerprint density at radius 2 is 2.09 bits per heavy atom. The number of rotatable bonds is 4. The van der Waals surface area contributed by atoms with Gasteiger partial charge in [-0.05, 0) is 37.1 Å². The lowest BCUT2D eigenvalue weighted by Gasteiger charge is -2.45. The van der Waals surface area contributed by atoms with Crippen LogP contribution in [0.3, 0.4) is 0 Å². The summed E-state index contributed by atoms with van der Waals surface area (Å²) in [7, 11) is 0. The van der Waals surface area contributed by atoms with Crippen LogP contribution in [0.2, 0.25) is 5.02 Å². The number of halogens is 1. The lowest BCUT2D eigenvalue weighted by Crippen LogP contribution is -2.57. The van der Waals surface area contributed by atoms with Gasteiger partial charge in [-0.1, -0.05) is 61.6 Å². The van der Waals surface area contributed by atoms with E-state index < -0.39 is 23.1 Å². The van der Waals surface area contributed by atoms with Crippen LogP contribution in [0, 0.1) is 0 Å². The number of aromatic hydroxyl groups is 1. The number of carbonyl (C=O) groups excluding carboxylic acids is 1. The molecule has 2 atom stereocenters. The number of carbonyl (C=O) groups is 1. The summed E-state index contributed by atoms with van der Waals surface area (Å²) < 4.78 is 7.66. The van der Waals surface area contributed by atoms with Gasteiger partial charge in [-0.3, -0.25) is 19.3 Å². The van der Waals surface area contributed by atoms with Gasteiger partial charge in [0.15, 0.2) is 11.4 Å². The minimum absolute atomic E-state index is 0.0819. The second kappa shape index (κ2) is 10.3. The Morgan fingerprint density at radius 1 is 1.29 bits per heavy atom. The first-order chi connectivity index (χ1) is 16.9. The summed E-state index contributed by atoms with van der Waals surface area (Å²) >= 11 is 6.31. The highest BCUT2D eigenvalue weighted by Crippen LogP contribution is 2.38. The zero-order chi connectivity index (χ0) is 25.1. The second-order valence-electron chi connectivity index (χ2n) is 8.34. The average molecular weight is 494 g/mol. The van der Waals surface area contributed by atoms with Crippen molar-refractivity contribution in [1.82, 2.24) is 9.58 Å². The van der Waals surface area contributed by atoms with Crippen molar-refractivity contribution >= 4 is 17.5 Å². The Hall–Kier alpha value is -3.71. The molecule has 1 amide bonds. The number of hydrogen-bond donors (Lipinski definition) is 1. The summed E-state index contributed by atoms with van der Waals surface area (Å²) in [5, 5.41) is 13.1. The first-order valence-electron chi connectivity index (χ1n) is 11.5. The van der Waals surface area contributed by atoms with Gasteiger partial charge in [0.25, 0.3) is 5.91 Å². The summed E-state index contributed by atoms with van der Waals surface area (Å²) in [6.07, 6.45) is 13.5. The van der Waals surface area contributed by atoms with Crippen molar-refractivity contribution in [3.63, 3.8) is 0 Å². The largest absolute Gasteiger partial charge is 0.502 e. The van der Waals surface area contributed by atoms with Crippen molar-refractivity contribution in [2.75, 3.05) is 18.3 Å². The van der Waals surface area contributed by atoms with E-state index in [1.165, 1.54) is 12.3 Å². The number of ether oxygens (including phenoxy) is 1. The molecule has 182 valence electrons. The lowest BCUT2D eigenvalue weighted by molar-refractivity contribution is 0.0626. The first kappa shape index (κ1) is 24.4. The maximum absolute atomic E-state index is 13.5. The average Bonchev–Trinajstić information content (AvgIpc) is 2.86. The molecule has 0 saturated heterocycles. The van der Waals surface area contributed by atoms with Crippen LogP contribution in [-0.2, 0) is 0 Å². The van der Waals surface area contributed by atoms with Gasteiger partial charge in [0, 0.05) is 22.8 Å². The van der Waals surface area contributed by atoms with Crippen LogP contribution < -0.4 is 15.2 Å². The summed E-state index contributed by atoms with van der Waals surface area (Å²) in [5.74, 6) is -0.418. The Bertz CT molecular complexity index is 1290. The molecule has 0 aliphatic carbocycles. The molecule has 2 bridgehead atoms. The number of nitrogens with zero attached hydrogens (tertiary/aromatic N) is 3. The molecule has 2 aliphatic rings. The minimum Gasteiger partial charge on any atom is -0.502 e. The van der Waals surface area contributed by atoms with Gasteiger partial charge in [0.1, 0.15) is 25.1 Å². The maximum Gasteiger partial charge on any atom is 0.278 e. The van der Waals surface area contributed by atoms with Crippen molar-refractivity contribution < 1.29 is 14.6 Å². The van der Waals surface area contributed by atoms with Gasteiger partial charge in [0.05, 0.1) is 6.04 Å². The second-order valence-corrected chi connectivity index (χ2v) is 8.77. The summed E-state index contributed by atoms with van der Waals surface area (Å²) in [6.45, 7) is 8.71. The van der Waals surface area contributed by atoms with Crippen LogP contribution in [0.15, 0.2) is 83.9 Å². The van der Waals surface area contributed by atoms with Gasteiger partial charge in [-0.25, -0.2) is 0 Å². The SMILES string of the molecule is C=C(/C=C\C=C/C)[C@@H]1c2ccc(Cl)cc2OC/C=C/[C@H](CC)N2CN1n1ccc(=O)c(O)c1C2=O. The molecular weight excluding hydrogens is 466 g/mol. The third-order valence-electron chi connectivity index (χ3n) is 6.14. The summed E-state index contributed by atoms with van der Waals surface area (Å²) in [5.41, 5.74) is 0.806. The highest BCUT2D eigenvalue weighted by molar-refractivity contribution is 6.30. The molecule has 1 N–H and O–H groups in total. The van der Waals surface area contributed by atoms with E-state index in [2.05, 4.69) is 6.58 Å². The van der Waals surface area contributed by atoms with E-state index in [1.54, 1.807) is 21.7 Å². The van der Waals surface area contributed by atoms with Gasteiger partial charge in [-0.2, -0.15) is 0 Å². The van der Waals surface area contributed by atoms with Gasteiger partial charge in [-0.15, -0.1) is 0 Å². The van der Waals surface area contributed by atoms with E-state index >= 15 is 0 Å². The zero-order valence-electron chi connectivity index (χ0n) is 19.7. The molecule has 7 nitrogen and oxygen atoms in total. The minimum atomic E-state index is -0.613. The number of amides is 1. The zero-order valence-corrected chi connectivity index (χ0v) is 20.5. The predicted molar refractivity (Wildman–Crippen MR) is 138 cm³/mol. The Labute approximate surface area is 209 Å². The molecule has 8 heteroatoms. The fraction of sp³-hybridized carbons (Fsp3) is 0.259. The molecule has 1 aromatic carbocycles. The van der Waals surface area contributed by atoms with Crippen molar-refractivity contribution in [2.24, 2.45) is 0 Å². The standard InChI is InChI=1S/C27H28ClN3O4/c1-4-6-7-9-18(3)24-21-12-11-19(28)16-23(21)35-15-8-10-20(5-2)29-17-31(24)30-14-13-22(32)26(33)25(30)27(29)34/h4,6-14,16,20,24,33H,3,5,15,17H2,1-2H3/b6-4-,9-7-,10-8+/t20-,24+/m0/s1. The highest BCUT2D eigenvalue weighted by atomic mass is 35.5. The van der Waals surface area contributed by atoms with Crippen molar-refractivity contribution in [1.29, 1.82) is 0 Å². The fourth-order valence-corrected chi connectivity index (χ4v) is 4.58. The van der Waals surface area contributed by atoms with Crippen LogP contribution in [0.25, 0.3) is 0 Å². The number of benzene rings is 1. The number of hydrogen-bond acceptors (Lipinski definition) is 5. The van der Waals surface area contributed by atoms with Crippen LogP contribution in [0.5, 0.6) is 11.5 Å². The van der Waals surface area contributed by atoms with Crippen molar-refractivity contribution in [3.05, 3.63) is 106 Å². The quantitative estimate of drug-likeness (QED) is 0.493. The molecule has 0 radical (unpaired) electrons. The Kier molecular flexibility index (Phi) is 7.17. The molecule has 0 spiro atoms. The van der Waals surface area contributed by atoms with Crippen LogP contribution >= 0.6 is 11.6 Å². The molecule has 2 aliphatic heterocycles. The van der Waals surface area contributed by atoms with Gasteiger partial charge in [0.2, 0.25) is 5.43 Å². The topological polar surface area (TPSA) is 75.0 Å². The van der Waals surface area contributed by atoms with E-state index in [0.717, 1.165) is 5.56 Å². The van der Waals surface area contributed by atoms with Crippen molar-refractivity contribution in [2.45, 2.75) is 32.4 Å². The van der Waals surface area contributed by atoms with E-state index in [4.69, 9.17) is 16.3 Å². The number of fused-ring (bicyclic) bond motifs is 5. The van der Waals surface area contributed by atoms with Crippen molar-refractivity contribution in [3.8, 4) is 11.5 Å². The molecule has 2 aromatic rings. The molecule has 0 fully saturated rings. The summed E-state index contributed by atoms with van der Waals surface area (Å²) in [6, 6.07) is 5.88. The van der Waals surface area contributed by atoms with Crippen LogP contribution in [0.4, 0.5) is 0 Å². The van der Waals surface area contributed by atoms with E-state index in [9.17, 15) is 14.7 Å². The molecule has 3 heterocycles. The Morgan fingerprint density at radius 3 is 2.83 bits per heavy atom. The molecule has 0 saturated carbocycles. The van der Waals surface area contributed by atoms with Gasteiger partial charge >= 0.3 is 0 Å². The van der Waals surface area contributed by atoms with Crippen LogP contribution in [0.1, 0.15) is 42.4 Å². The molecular formula is C27H28ClN3O4. The number of pyridine rings is 1. The highest BCUT2D eigenvalue weighted by Gasteiger charge is 2.39. The molecule has 1 aromatic heterocycles. The molecule has 0 unspecified atom stereocenters. The Balaban J connectivity index is 2.01. The molecule has 4 rings (SSSR count). The predicted octanol–water partition coefficient (Wildman–Crippen LogP) is 4.72. The smallest absolute Gasteiger partial charge is 0.278 e. The fourth-order valence-electron chi connectivity index (χ4n) is 4.42. The van der Waals surface area contributed by atoms with E-state index in [-0.39, 0.29) is 25.0 Å². The first-order valence-corrected chi connectivity index (χ1v) is 11.8. The normalized spacial score (nSPS) is 20.8. The van der Waals surface area contributed by atoms with E-state index in [0.29, 0.717) is 22.8 Å². The maximum atomic E-state index is 13.5. The van der Waals surface area contributed by atoms with Gasteiger partial charge < -0.3 is 14.7 Å². The number of allylic oxidation sites excluding steroid dienone is 3. The summed E-state index contributed by atoms with van der Waals surface area (Å²) in [4.78, 5) is 27.5. The van der Waals surface area contributed by atoms with E-state index in [1.807, 2.05) is 61.4 Å². The molecule has 35 heavy (non-hydrogen) atoms. The van der Waals surface area contributed by atoms with Crippen LogP contribution in [-0.4, -0.2) is 39.9 Å². The lowest BCUT2D eigenvalue weighted by atomic mass is 9.97.